The number of phenols is 1. The Morgan fingerprint density at radius 2 is 1.77 bits per heavy atom. The zero-order valence-electron chi connectivity index (χ0n) is 17.5. The topological polar surface area (TPSA) is 88.1 Å². The van der Waals surface area contributed by atoms with Crippen molar-refractivity contribution < 1.29 is 24.2 Å². The van der Waals surface area contributed by atoms with Crippen LogP contribution in [0.4, 0.5) is 5.69 Å². The number of thioether (sulfide) groups is 1. The molecule has 2 amide bonds. The van der Waals surface area contributed by atoms with Crippen molar-refractivity contribution in [3.8, 4) is 17.2 Å². The van der Waals surface area contributed by atoms with Crippen LogP contribution in [0.2, 0.25) is 0 Å². The number of aryl methyl sites for hydroxylation is 1. The van der Waals surface area contributed by atoms with Crippen molar-refractivity contribution in [2.45, 2.75) is 19.9 Å². The lowest BCUT2D eigenvalue weighted by molar-refractivity contribution is -0.129. The molecule has 1 fully saturated rings. The number of aromatic hydroxyl groups is 1. The molecular formula is C22H22N2O5S2. The number of nitrogens with one attached hydrogen (secondary N) is 1. The lowest BCUT2D eigenvalue weighted by Crippen LogP contribution is -2.44. The Morgan fingerprint density at radius 3 is 2.32 bits per heavy atom. The molecular weight excluding hydrogens is 436 g/mol. The summed E-state index contributed by atoms with van der Waals surface area (Å²) >= 11 is 6.47. The smallest absolute Gasteiger partial charge is 0.266 e. The Kier molecular flexibility index (Phi) is 6.87. The first-order valence-corrected chi connectivity index (χ1v) is 10.6. The van der Waals surface area contributed by atoms with E-state index in [0.717, 1.165) is 17.3 Å². The molecule has 0 aromatic heterocycles. The molecule has 1 atom stereocenters. The van der Waals surface area contributed by atoms with Gasteiger partial charge < -0.3 is 19.9 Å². The van der Waals surface area contributed by atoms with Gasteiger partial charge in [-0.2, -0.15) is 0 Å². The third-order valence-electron chi connectivity index (χ3n) is 4.71. The van der Waals surface area contributed by atoms with E-state index in [2.05, 4.69) is 5.32 Å². The molecule has 1 unspecified atom stereocenters. The fourth-order valence-electron chi connectivity index (χ4n) is 2.96. The molecule has 1 heterocycles. The SMILES string of the molecule is COc1cc(/C=C2\SC(=S)N(C(C)C(=O)Nc3ccc(C)cc3)C2=O)cc(OC)c1O. The highest BCUT2D eigenvalue weighted by molar-refractivity contribution is 8.26. The largest absolute Gasteiger partial charge is 0.502 e. The van der Waals surface area contributed by atoms with Crippen LogP contribution < -0.4 is 14.8 Å². The van der Waals surface area contributed by atoms with Crippen LogP contribution in [0.1, 0.15) is 18.1 Å². The number of rotatable bonds is 6. The zero-order valence-corrected chi connectivity index (χ0v) is 19.1. The maximum Gasteiger partial charge on any atom is 0.266 e. The fraction of sp³-hybridized carbons (Fsp3) is 0.227. The number of carbonyl (C=O) groups excluding carboxylic acids is 2. The van der Waals surface area contributed by atoms with Crippen molar-refractivity contribution in [3.05, 3.63) is 52.4 Å². The molecule has 0 radical (unpaired) electrons. The van der Waals surface area contributed by atoms with Crippen molar-refractivity contribution >= 4 is 51.9 Å². The number of phenolic OH excluding ortho intramolecular Hbond substituents is 1. The Morgan fingerprint density at radius 1 is 1.19 bits per heavy atom. The summed E-state index contributed by atoms with van der Waals surface area (Å²) in [7, 11) is 2.85. The number of hydrogen-bond donors (Lipinski definition) is 2. The molecule has 3 rings (SSSR count). The van der Waals surface area contributed by atoms with Gasteiger partial charge in [-0.15, -0.1) is 0 Å². The first kappa shape index (κ1) is 22.6. The van der Waals surface area contributed by atoms with Crippen LogP contribution in [0.15, 0.2) is 41.3 Å². The molecule has 31 heavy (non-hydrogen) atoms. The molecule has 0 bridgehead atoms. The normalized spacial score (nSPS) is 15.9. The van der Waals surface area contributed by atoms with E-state index in [1.54, 1.807) is 37.3 Å². The molecule has 7 nitrogen and oxygen atoms in total. The second-order valence-electron chi connectivity index (χ2n) is 6.86. The minimum atomic E-state index is -0.788. The summed E-state index contributed by atoms with van der Waals surface area (Å²) in [6, 6.07) is 9.76. The molecule has 0 aliphatic carbocycles. The molecule has 0 spiro atoms. The van der Waals surface area contributed by atoms with Gasteiger partial charge in [-0.1, -0.05) is 41.7 Å². The van der Waals surface area contributed by atoms with E-state index in [-0.39, 0.29) is 29.1 Å². The summed E-state index contributed by atoms with van der Waals surface area (Å²) in [6.45, 7) is 3.59. The van der Waals surface area contributed by atoms with Gasteiger partial charge in [-0.25, -0.2) is 0 Å². The predicted molar refractivity (Wildman–Crippen MR) is 125 cm³/mol. The van der Waals surface area contributed by atoms with Crippen LogP contribution in [0.5, 0.6) is 17.2 Å². The van der Waals surface area contributed by atoms with Crippen LogP contribution in [0, 0.1) is 6.92 Å². The molecule has 9 heteroatoms. The summed E-state index contributed by atoms with van der Waals surface area (Å²) in [6.07, 6.45) is 1.62. The Bertz CT molecular complexity index is 1040. The predicted octanol–water partition coefficient (Wildman–Crippen LogP) is 3.95. The Labute approximate surface area is 190 Å². The number of amides is 2. The van der Waals surface area contributed by atoms with Gasteiger partial charge in [0.05, 0.1) is 19.1 Å². The zero-order chi connectivity index (χ0) is 22.7. The van der Waals surface area contributed by atoms with Gasteiger partial charge in [0.15, 0.2) is 11.5 Å². The fourth-order valence-corrected chi connectivity index (χ4v) is 4.38. The highest BCUT2D eigenvalue weighted by Crippen LogP contribution is 2.40. The first-order chi connectivity index (χ1) is 14.7. The minimum Gasteiger partial charge on any atom is -0.502 e. The summed E-state index contributed by atoms with van der Waals surface area (Å²) in [4.78, 5) is 27.3. The molecule has 2 aromatic carbocycles. The van der Waals surface area contributed by atoms with E-state index in [1.807, 2.05) is 19.1 Å². The third kappa shape index (κ3) is 4.83. The lowest BCUT2D eigenvalue weighted by atomic mass is 10.1. The van der Waals surface area contributed by atoms with E-state index < -0.39 is 6.04 Å². The minimum absolute atomic E-state index is 0.129. The molecule has 162 valence electrons. The summed E-state index contributed by atoms with van der Waals surface area (Å²) in [5, 5.41) is 12.9. The van der Waals surface area contributed by atoms with Gasteiger partial charge >= 0.3 is 0 Å². The van der Waals surface area contributed by atoms with Gasteiger partial charge in [-0.05, 0) is 49.8 Å². The molecule has 1 saturated heterocycles. The quantitative estimate of drug-likeness (QED) is 0.501. The Balaban J connectivity index is 1.81. The monoisotopic (exact) mass is 458 g/mol. The maximum absolute atomic E-state index is 13.0. The maximum atomic E-state index is 13.0. The van der Waals surface area contributed by atoms with Crippen LogP contribution in [0.25, 0.3) is 6.08 Å². The lowest BCUT2D eigenvalue weighted by Gasteiger charge is -2.22. The van der Waals surface area contributed by atoms with Crippen LogP contribution in [0.3, 0.4) is 0 Å². The number of carbonyl (C=O) groups is 2. The van der Waals surface area contributed by atoms with Gasteiger partial charge in [0.1, 0.15) is 10.4 Å². The first-order valence-electron chi connectivity index (χ1n) is 9.34. The van der Waals surface area contributed by atoms with E-state index in [0.29, 0.717) is 20.5 Å². The van der Waals surface area contributed by atoms with Gasteiger partial charge in [0.2, 0.25) is 11.7 Å². The van der Waals surface area contributed by atoms with E-state index in [9.17, 15) is 14.7 Å². The second kappa shape index (κ2) is 9.40. The van der Waals surface area contributed by atoms with E-state index in [1.165, 1.54) is 19.1 Å². The van der Waals surface area contributed by atoms with E-state index >= 15 is 0 Å². The number of thiocarbonyl (C=S) groups is 1. The average Bonchev–Trinajstić information content (AvgIpc) is 3.02. The molecule has 2 N–H and O–H groups in total. The third-order valence-corrected chi connectivity index (χ3v) is 6.04. The number of nitrogens with zero attached hydrogens (tertiary/aromatic N) is 1. The number of anilines is 1. The van der Waals surface area contributed by atoms with Crippen LogP contribution in [-0.2, 0) is 9.59 Å². The molecule has 2 aromatic rings. The average molecular weight is 459 g/mol. The van der Waals surface area contributed by atoms with Crippen LogP contribution >= 0.6 is 24.0 Å². The number of benzene rings is 2. The highest BCUT2D eigenvalue weighted by Gasteiger charge is 2.38. The molecule has 0 saturated carbocycles. The van der Waals surface area contributed by atoms with Crippen molar-refractivity contribution in [1.82, 2.24) is 4.90 Å². The second-order valence-corrected chi connectivity index (χ2v) is 8.53. The number of hydrogen-bond acceptors (Lipinski definition) is 7. The van der Waals surface area contributed by atoms with Crippen molar-refractivity contribution in [3.63, 3.8) is 0 Å². The van der Waals surface area contributed by atoms with Crippen molar-refractivity contribution in [1.29, 1.82) is 0 Å². The van der Waals surface area contributed by atoms with Crippen LogP contribution in [-0.4, -0.2) is 46.4 Å². The van der Waals surface area contributed by atoms with Crippen molar-refractivity contribution in [2.75, 3.05) is 19.5 Å². The van der Waals surface area contributed by atoms with Gasteiger partial charge in [0.25, 0.3) is 5.91 Å². The highest BCUT2D eigenvalue weighted by atomic mass is 32.2. The standard InChI is InChI=1S/C22H22N2O5S2/c1-12-5-7-15(8-6-12)23-20(26)13(2)24-21(27)18(31-22(24)30)11-14-9-16(28-3)19(25)17(10-14)29-4/h5-11,13,25H,1-4H3,(H,23,26)/b18-11-. The molecule has 1 aliphatic heterocycles. The van der Waals surface area contributed by atoms with Gasteiger partial charge in [0, 0.05) is 5.69 Å². The number of methoxy groups -OCH3 is 2. The molecule has 1 aliphatic rings. The van der Waals surface area contributed by atoms with Crippen molar-refractivity contribution in [2.24, 2.45) is 0 Å². The Hall–Kier alpha value is -3.04. The summed E-state index contributed by atoms with van der Waals surface area (Å²) in [5.74, 6) is -0.406. The summed E-state index contributed by atoms with van der Waals surface area (Å²) in [5.41, 5.74) is 2.31. The van der Waals surface area contributed by atoms with E-state index in [4.69, 9.17) is 21.7 Å². The van der Waals surface area contributed by atoms with Gasteiger partial charge in [-0.3, -0.25) is 14.5 Å². The summed E-state index contributed by atoms with van der Waals surface area (Å²) < 4.78 is 10.6. The number of ether oxygens (including phenoxy) is 2.